The number of hydrogen-bond donors (Lipinski definition) is 0. The molecule has 1 nitrogen and oxygen atoms in total. The fraction of sp³-hybridized carbons (Fsp3) is 0.500. The molecule has 15 heavy (non-hydrogen) atoms. The minimum Gasteiger partial charge on any atom is -0.299 e. The summed E-state index contributed by atoms with van der Waals surface area (Å²) in [5.74, 6) is 0.635. The Kier molecular flexibility index (Phi) is 5.09. The molecular weight excluding hydrogens is 184 g/mol. The first-order chi connectivity index (χ1) is 7.27. The van der Waals surface area contributed by atoms with Crippen molar-refractivity contribution in [3.8, 4) is 0 Å². The van der Waals surface area contributed by atoms with Gasteiger partial charge < -0.3 is 0 Å². The van der Waals surface area contributed by atoms with E-state index in [-0.39, 0.29) is 5.92 Å². The lowest BCUT2D eigenvalue weighted by Crippen LogP contribution is -2.15. The van der Waals surface area contributed by atoms with Gasteiger partial charge in [0.05, 0.1) is 0 Å². The molecule has 0 bridgehead atoms. The van der Waals surface area contributed by atoms with Crippen molar-refractivity contribution < 1.29 is 4.79 Å². The number of carbonyl (C=O) groups excluding carboxylic acids is 1. The summed E-state index contributed by atoms with van der Waals surface area (Å²) in [6.45, 7) is 4.16. The van der Waals surface area contributed by atoms with Gasteiger partial charge in [0.25, 0.3) is 0 Å². The Morgan fingerprint density at radius 3 is 2.40 bits per heavy atom. The van der Waals surface area contributed by atoms with Crippen molar-refractivity contribution >= 4 is 5.78 Å². The second-order valence-corrected chi connectivity index (χ2v) is 4.01. The van der Waals surface area contributed by atoms with Crippen LogP contribution < -0.4 is 0 Å². The molecule has 1 atom stereocenters. The lowest BCUT2D eigenvalue weighted by Gasteiger charge is -2.13. The van der Waals surface area contributed by atoms with Gasteiger partial charge in [0.15, 0.2) is 0 Å². The molecule has 0 saturated carbocycles. The molecule has 1 aromatic rings. The molecule has 0 spiro atoms. The van der Waals surface area contributed by atoms with Gasteiger partial charge >= 0.3 is 0 Å². The Labute approximate surface area is 92.5 Å². The maximum Gasteiger partial charge on any atom is 0.136 e. The van der Waals surface area contributed by atoms with Gasteiger partial charge in [-0.25, -0.2) is 0 Å². The zero-order valence-corrected chi connectivity index (χ0v) is 9.70. The summed E-state index contributed by atoms with van der Waals surface area (Å²) in [7, 11) is 0. The quantitative estimate of drug-likeness (QED) is 0.691. The van der Waals surface area contributed by atoms with Gasteiger partial charge in [0.2, 0.25) is 0 Å². The average molecular weight is 204 g/mol. The molecule has 1 heteroatoms. The van der Waals surface area contributed by atoms with Gasteiger partial charge in [0, 0.05) is 12.3 Å². The van der Waals surface area contributed by atoms with Gasteiger partial charge in [-0.15, -0.1) is 0 Å². The third kappa shape index (κ3) is 3.86. The summed E-state index contributed by atoms with van der Waals surface area (Å²) in [5.41, 5.74) is 1.27. The van der Waals surface area contributed by atoms with Crippen molar-refractivity contribution in [3.05, 3.63) is 35.9 Å². The van der Waals surface area contributed by atoms with Gasteiger partial charge in [-0.2, -0.15) is 0 Å². The fourth-order valence-corrected chi connectivity index (χ4v) is 1.83. The molecule has 0 fully saturated rings. The molecule has 0 amide bonds. The highest BCUT2D eigenvalue weighted by atomic mass is 16.1. The van der Waals surface area contributed by atoms with Crippen LogP contribution in [-0.2, 0) is 11.2 Å². The van der Waals surface area contributed by atoms with E-state index in [4.69, 9.17) is 0 Å². The largest absolute Gasteiger partial charge is 0.299 e. The topological polar surface area (TPSA) is 17.1 Å². The molecule has 1 rings (SSSR count). The smallest absolute Gasteiger partial charge is 0.136 e. The van der Waals surface area contributed by atoms with Crippen LogP contribution in [0.15, 0.2) is 30.3 Å². The summed E-state index contributed by atoms with van der Waals surface area (Å²) >= 11 is 0. The minimum absolute atomic E-state index is 0.215. The second-order valence-electron chi connectivity index (χ2n) is 4.01. The highest BCUT2D eigenvalue weighted by molar-refractivity contribution is 5.81. The van der Waals surface area contributed by atoms with Crippen LogP contribution >= 0.6 is 0 Å². The third-order valence-electron chi connectivity index (χ3n) is 2.77. The molecule has 0 aliphatic heterocycles. The molecule has 1 aromatic carbocycles. The van der Waals surface area contributed by atoms with Crippen LogP contribution in [0, 0.1) is 5.92 Å². The Bertz CT molecular complexity index is 289. The van der Waals surface area contributed by atoms with E-state index < -0.39 is 0 Å². The summed E-state index contributed by atoms with van der Waals surface area (Å²) in [6, 6.07) is 10.3. The zero-order chi connectivity index (χ0) is 11.1. The van der Waals surface area contributed by atoms with Gasteiger partial charge in [0.1, 0.15) is 5.78 Å². The molecule has 0 radical (unpaired) electrons. The highest BCUT2D eigenvalue weighted by Gasteiger charge is 2.15. The van der Waals surface area contributed by atoms with Crippen LogP contribution in [0.25, 0.3) is 0 Å². The average Bonchev–Trinajstić information content (AvgIpc) is 2.27. The summed E-state index contributed by atoms with van der Waals surface area (Å²) in [5, 5.41) is 0. The van der Waals surface area contributed by atoms with Crippen molar-refractivity contribution in [1.82, 2.24) is 0 Å². The SMILES string of the molecule is CCCC(=O)[C@@H](CC)Cc1ccccc1. The predicted molar refractivity (Wildman–Crippen MR) is 63.8 cm³/mol. The van der Waals surface area contributed by atoms with E-state index in [9.17, 15) is 4.79 Å². The van der Waals surface area contributed by atoms with E-state index in [0.29, 0.717) is 5.78 Å². The highest BCUT2D eigenvalue weighted by Crippen LogP contribution is 2.15. The van der Waals surface area contributed by atoms with Crippen LogP contribution in [0.2, 0.25) is 0 Å². The summed E-state index contributed by atoms with van der Waals surface area (Å²) in [4.78, 5) is 11.8. The van der Waals surface area contributed by atoms with E-state index in [1.807, 2.05) is 18.2 Å². The predicted octanol–water partition coefficient (Wildman–Crippen LogP) is 3.62. The maximum absolute atomic E-state index is 11.8. The number of ketones is 1. The van der Waals surface area contributed by atoms with Crippen molar-refractivity contribution in [3.63, 3.8) is 0 Å². The minimum atomic E-state index is 0.215. The second kappa shape index (κ2) is 6.39. The van der Waals surface area contributed by atoms with Crippen LogP contribution in [0.1, 0.15) is 38.7 Å². The Morgan fingerprint density at radius 2 is 1.87 bits per heavy atom. The summed E-state index contributed by atoms with van der Waals surface area (Å²) < 4.78 is 0. The number of carbonyl (C=O) groups is 1. The number of benzene rings is 1. The van der Waals surface area contributed by atoms with Crippen LogP contribution in [0.4, 0.5) is 0 Å². The van der Waals surface area contributed by atoms with Crippen LogP contribution in [0.3, 0.4) is 0 Å². The Morgan fingerprint density at radius 1 is 1.20 bits per heavy atom. The first-order valence-electron chi connectivity index (χ1n) is 5.84. The van der Waals surface area contributed by atoms with E-state index in [1.165, 1.54) is 5.56 Å². The molecule has 0 aliphatic rings. The normalized spacial score (nSPS) is 12.4. The number of rotatable bonds is 6. The van der Waals surface area contributed by atoms with Gasteiger partial charge in [-0.05, 0) is 24.8 Å². The Balaban J connectivity index is 2.58. The monoisotopic (exact) mass is 204 g/mol. The fourth-order valence-electron chi connectivity index (χ4n) is 1.83. The van der Waals surface area contributed by atoms with E-state index in [0.717, 1.165) is 25.7 Å². The first-order valence-corrected chi connectivity index (χ1v) is 5.84. The van der Waals surface area contributed by atoms with Crippen LogP contribution in [-0.4, -0.2) is 5.78 Å². The standard InChI is InChI=1S/C14H20O/c1-3-8-14(15)13(4-2)11-12-9-6-5-7-10-12/h5-7,9-10,13H,3-4,8,11H2,1-2H3/t13-/m0/s1. The molecule has 0 saturated heterocycles. The van der Waals surface area contributed by atoms with Crippen molar-refractivity contribution in [2.45, 2.75) is 39.5 Å². The van der Waals surface area contributed by atoms with E-state index in [1.54, 1.807) is 0 Å². The lowest BCUT2D eigenvalue weighted by atomic mass is 9.91. The van der Waals surface area contributed by atoms with Gasteiger partial charge in [-0.1, -0.05) is 44.2 Å². The molecule has 0 heterocycles. The molecule has 82 valence electrons. The number of Topliss-reactive ketones (excluding diaryl/α,β-unsaturated/α-hetero) is 1. The third-order valence-corrected chi connectivity index (χ3v) is 2.77. The van der Waals surface area contributed by atoms with E-state index >= 15 is 0 Å². The van der Waals surface area contributed by atoms with E-state index in [2.05, 4.69) is 26.0 Å². The maximum atomic E-state index is 11.8. The van der Waals surface area contributed by atoms with Crippen molar-refractivity contribution in [1.29, 1.82) is 0 Å². The van der Waals surface area contributed by atoms with Crippen molar-refractivity contribution in [2.24, 2.45) is 5.92 Å². The molecule has 0 N–H and O–H groups in total. The zero-order valence-electron chi connectivity index (χ0n) is 9.70. The summed E-state index contributed by atoms with van der Waals surface area (Å²) in [6.07, 6.45) is 3.54. The molecule has 0 aliphatic carbocycles. The molecule has 0 unspecified atom stereocenters. The molecule has 0 aromatic heterocycles. The number of hydrogen-bond acceptors (Lipinski definition) is 1. The van der Waals surface area contributed by atoms with Crippen LogP contribution in [0.5, 0.6) is 0 Å². The molecular formula is C14H20O. The Hall–Kier alpha value is -1.11. The lowest BCUT2D eigenvalue weighted by molar-refractivity contribution is -0.122. The van der Waals surface area contributed by atoms with Crippen molar-refractivity contribution in [2.75, 3.05) is 0 Å². The van der Waals surface area contributed by atoms with Gasteiger partial charge in [-0.3, -0.25) is 4.79 Å². The first kappa shape index (κ1) is 12.0.